The normalized spacial score (nSPS) is 10.6. The van der Waals surface area contributed by atoms with Crippen molar-refractivity contribution in [2.24, 2.45) is 0 Å². The molecule has 1 aromatic rings. The van der Waals surface area contributed by atoms with Crippen LogP contribution in [-0.2, 0) is 23.8 Å². The number of esters is 2. The molecule has 0 heterocycles. The summed E-state index contributed by atoms with van der Waals surface area (Å²) in [5.74, 6) is -0.422. The van der Waals surface area contributed by atoms with Gasteiger partial charge < -0.3 is 18.9 Å². The Morgan fingerprint density at radius 1 is 0.778 bits per heavy atom. The highest BCUT2D eigenvalue weighted by Gasteiger charge is 2.10. The fourth-order valence-electron chi connectivity index (χ4n) is 2.23. The van der Waals surface area contributed by atoms with Crippen LogP contribution in [0.5, 0.6) is 5.75 Å². The highest BCUT2D eigenvalue weighted by molar-refractivity contribution is 5.79. The maximum absolute atomic E-state index is 11.7. The number of carbonyl (C=O) groups excluding carboxylic acids is 2. The van der Waals surface area contributed by atoms with Gasteiger partial charge in [0.15, 0.2) is 0 Å². The van der Waals surface area contributed by atoms with Gasteiger partial charge in [-0.15, -0.1) is 0 Å². The maximum atomic E-state index is 11.7. The van der Waals surface area contributed by atoms with Gasteiger partial charge in [-0.05, 0) is 25.5 Å². The SMILES string of the molecule is CCCCCCOCCOCCOC(=O)CCC(=O)Oc1ccc(C)cc1. The van der Waals surface area contributed by atoms with Gasteiger partial charge in [-0.1, -0.05) is 43.9 Å². The first kappa shape index (κ1) is 23.1. The first-order valence-electron chi connectivity index (χ1n) is 9.70. The topological polar surface area (TPSA) is 71.1 Å². The van der Waals surface area contributed by atoms with Crippen molar-refractivity contribution in [3.63, 3.8) is 0 Å². The van der Waals surface area contributed by atoms with E-state index in [4.69, 9.17) is 18.9 Å². The number of ether oxygens (including phenoxy) is 4. The van der Waals surface area contributed by atoms with Crippen molar-refractivity contribution in [2.75, 3.05) is 33.0 Å². The van der Waals surface area contributed by atoms with Crippen LogP contribution in [0, 0.1) is 6.92 Å². The maximum Gasteiger partial charge on any atom is 0.311 e. The Morgan fingerprint density at radius 2 is 1.41 bits per heavy atom. The van der Waals surface area contributed by atoms with Crippen molar-refractivity contribution in [1.29, 1.82) is 0 Å². The van der Waals surface area contributed by atoms with Crippen LogP contribution in [0.15, 0.2) is 24.3 Å². The van der Waals surface area contributed by atoms with Gasteiger partial charge >= 0.3 is 11.9 Å². The lowest BCUT2D eigenvalue weighted by Gasteiger charge is -2.07. The molecule has 0 saturated heterocycles. The fourth-order valence-corrected chi connectivity index (χ4v) is 2.23. The van der Waals surface area contributed by atoms with E-state index in [2.05, 4.69) is 6.92 Å². The lowest BCUT2D eigenvalue weighted by atomic mass is 10.2. The summed E-state index contributed by atoms with van der Waals surface area (Å²) < 4.78 is 20.9. The van der Waals surface area contributed by atoms with Crippen LogP contribution < -0.4 is 4.74 Å². The van der Waals surface area contributed by atoms with Gasteiger partial charge in [0.25, 0.3) is 0 Å². The van der Waals surface area contributed by atoms with E-state index in [1.807, 2.05) is 19.1 Å². The summed E-state index contributed by atoms with van der Waals surface area (Å²) in [6.07, 6.45) is 4.72. The standard InChI is InChI=1S/C21H32O6/c1-3-4-5-6-13-24-14-15-25-16-17-26-20(22)11-12-21(23)27-19-9-7-18(2)8-10-19/h7-10H,3-6,11-17H2,1-2H3. The largest absolute Gasteiger partial charge is 0.463 e. The van der Waals surface area contributed by atoms with Gasteiger partial charge in [0.1, 0.15) is 12.4 Å². The zero-order valence-corrected chi connectivity index (χ0v) is 16.5. The molecule has 0 radical (unpaired) electrons. The third-order valence-corrected chi connectivity index (χ3v) is 3.79. The van der Waals surface area contributed by atoms with Crippen LogP contribution in [0.1, 0.15) is 51.0 Å². The van der Waals surface area contributed by atoms with E-state index in [9.17, 15) is 9.59 Å². The first-order chi connectivity index (χ1) is 13.1. The van der Waals surface area contributed by atoms with Gasteiger partial charge in [-0.3, -0.25) is 9.59 Å². The van der Waals surface area contributed by atoms with Gasteiger partial charge in [0.2, 0.25) is 0 Å². The second-order valence-electron chi connectivity index (χ2n) is 6.29. The van der Waals surface area contributed by atoms with E-state index in [1.54, 1.807) is 12.1 Å². The van der Waals surface area contributed by atoms with Gasteiger partial charge in [0, 0.05) is 6.61 Å². The average Bonchev–Trinajstić information content (AvgIpc) is 2.66. The number of aryl methyl sites for hydroxylation is 1. The van der Waals surface area contributed by atoms with Crippen molar-refractivity contribution in [2.45, 2.75) is 52.4 Å². The molecule has 0 amide bonds. The molecule has 0 aliphatic carbocycles. The first-order valence-corrected chi connectivity index (χ1v) is 9.70. The highest BCUT2D eigenvalue weighted by atomic mass is 16.6. The summed E-state index contributed by atoms with van der Waals surface area (Å²) in [4.78, 5) is 23.3. The molecule has 152 valence electrons. The lowest BCUT2D eigenvalue weighted by Crippen LogP contribution is -2.15. The van der Waals surface area contributed by atoms with Crippen molar-refractivity contribution < 1.29 is 28.5 Å². The summed E-state index contributed by atoms with van der Waals surface area (Å²) in [5.41, 5.74) is 1.08. The Balaban J connectivity index is 1.93. The molecule has 0 aliphatic heterocycles. The average molecular weight is 380 g/mol. The zero-order chi connectivity index (χ0) is 19.7. The summed E-state index contributed by atoms with van der Waals surface area (Å²) in [6.45, 7) is 6.41. The van der Waals surface area contributed by atoms with Crippen LogP contribution in [-0.4, -0.2) is 45.0 Å². The number of hydrogen-bond acceptors (Lipinski definition) is 6. The molecule has 6 nitrogen and oxygen atoms in total. The molecule has 0 unspecified atom stereocenters. The van der Waals surface area contributed by atoms with Crippen molar-refractivity contribution in [3.8, 4) is 5.75 Å². The minimum Gasteiger partial charge on any atom is -0.463 e. The minimum absolute atomic E-state index is 0.00837. The Morgan fingerprint density at radius 3 is 2.11 bits per heavy atom. The van der Waals surface area contributed by atoms with Crippen LogP contribution in [0.4, 0.5) is 0 Å². The Kier molecular flexibility index (Phi) is 13.0. The third-order valence-electron chi connectivity index (χ3n) is 3.79. The predicted molar refractivity (Wildman–Crippen MR) is 103 cm³/mol. The second kappa shape index (κ2) is 15.2. The molecule has 0 saturated carbocycles. The highest BCUT2D eigenvalue weighted by Crippen LogP contribution is 2.12. The zero-order valence-electron chi connectivity index (χ0n) is 16.5. The molecular weight excluding hydrogens is 348 g/mol. The summed E-state index contributed by atoms with van der Waals surface area (Å²) in [6, 6.07) is 7.15. The van der Waals surface area contributed by atoms with Crippen LogP contribution in [0.25, 0.3) is 0 Å². The number of hydrogen-bond donors (Lipinski definition) is 0. The summed E-state index contributed by atoms with van der Waals surface area (Å²) >= 11 is 0. The van der Waals surface area contributed by atoms with Crippen molar-refractivity contribution in [3.05, 3.63) is 29.8 Å². The molecule has 0 N–H and O–H groups in total. The molecule has 1 rings (SSSR count). The molecule has 0 aliphatic rings. The van der Waals surface area contributed by atoms with Crippen LogP contribution in [0.3, 0.4) is 0 Å². The van der Waals surface area contributed by atoms with Crippen LogP contribution in [0.2, 0.25) is 0 Å². The van der Waals surface area contributed by atoms with Gasteiger partial charge in [-0.25, -0.2) is 0 Å². The summed E-state index contributed by atoms with van der Waals surface area (Å²) in [5, 5.41) is 0. The van der Waals surface area contributed by atoms with Crippen LogP contribution >= 0.6 is 0 Å². The Labute approximate surface area is 162 Å². The smallest absolute Gasteiger partial charge is 0.311 e. The van der Waals surface area contributed by atoms with E-state index in [0.717, 1.165) is 18.6 Å². The lowest BCUT2D eigenvalue weighted by molar-refractivity contribution is -0.148. The van der Waals surface area contributed by atoms with Crippen molar-refractivity contribution in [1.82, 2.24) is 0 Å². The molecular formula is C21H32O6. The molecule has 0 fully saturated rings. The van der Waals surface area contributed by atoms with E-state index in [0.29, 0.717) is 25.6 Å². The van der Waals surface area contributed by atoms with E-state index in [-0.39, 0.29) is 19.4 Å². The fraction of sp³-hybridized carbons (Fsp3) is 0.619. The molecule has 0 spiro atoms. The molecule has 0 atom stereocenters. The second-order valence-corrected chi connectivity index (χ2v) is 6.29. The van der Waals surface area contributed by atoms with E-state index < -0.39 is 11.9 Å². The number of carbonyl (C=O) groups is 2. The van der Waals surface area contributed by atoms with Gasteiger partial charge in [-0.2, -0.15) is 0 Å². The minimum atomic E-state index is -0.455. The Bertz CT molecular complexity index is 526. The predicted octanol–water partition coefficient (Wildman–Crippen LogP) is 3.84. The molecule has 27 heavy (non-hydrogen) atoms. The third kappa shape index (κ3) is 13.0. The summed E-state index contributed by atoms with van der Waals surface area (Å²) in [7, 11) is 0. The monoisotopic (exact) mass is 380 g/mol. The Hall–Kier alpha value is -1.92. The molecule has 6 heteroatoms. The quantitative estimate of drug-likeness (QED) is 0.262. The van der Waals surface area contributed by atoms with Crippen molar-refractivity contribution >= 4 is 11.9 Å². The molecule has 0 bridgehead atoms. The molecule has 0 aromatic heterocycles. The van der Waals surface area contributed by atoms with Gasteiger partial charge in [0.05, 0.1) is 32.7 Å². The van der Waals surface area contributed by atoms with E-state index in [1.165, 1.54) is 19.3 Å². The number of rotatable bonds is 15. The number of unbranched alkanes of at least 4 members (excludes halogenated alkanes) is 3. The number of benzene rings is 1. The molecule has 1 aromatic carbocycles. The van der Waals surface area contributed by atoms with E-state index >= 15 is 0 Å².